The fourth-order valence-electron chi connectivity index (χ4n) is 1.97. The zero-order chi connectivity index (χ0) is 14.8. The molecule has 20 heavy (non-hydrogen) atoms. The number of hydrogen-bond donors (Lipinski definition) is 0. The minimum Gasteiger partial charge on any atom is -0.372 e. The molecule has 0 N–H and O–H groups in total. The summed E-state index contributed by atoms with van der Waals surface area (Å²) in [7, 11) is -1.62. The van der Waals surface area contributed by atoms with Crippen LogP contribution in [0.4, 0.5) is 0 Å². The van der Waals surface area contributed by atoms with Crippen LogP contribution in [0.3, 0.4) is 0 Å². The molecule has 0 saturated carbocycles. The summed E-state index contributed by atoms with van der Waals surface area (Å²) in [5.74, 6) is 2.62. The van der Waals surface area contributed by atoms with Crippen LogP contribution in [-0.4, -0.2) is 56.9 Å². The third-order valence-electron chi connectivity index (χ3n) is 3.23. The lowest BCUT2D eigenvalue weighted by molar-refractivity contribution is -0.116. The Morgan fingerprint density at radius 3 is 1.55 bits per heavy atom. The monoisotopic (exact) mass is 324 g/mol. The number of unbranched alkanes of at least 4 members (excludes halogenated alkanes) is 2. The molecule has 0 aromatic heterocycles. The van der Waals surface area contributed by atoms with Crippen molar-refractivity contribution in [3.8, 4) is 0 Å². The summed E-state index contributed by atoms with van der Waals surface area (Å²) in [5, 5.41) is 0. The van der Waals surface area contributed by atoms with E-state index in [-0.39, 0.29) is 12.2 Å². The van der Waals surface area contributed by atoms with Crippen molar-refractivity contribution in [1.29, 1.82) is 0 Å². The number of rotatable bonds is 10. The molecule has 4 nitrogen and oxygen atoms in total. The topological polar surface area (TPSA) is 52.6 Å². The molecule has 1 aliphatic rings. The maximum absolute atomic E-state index is 11.8. The van der Waals surface area contributed by atoms with E-state index < -0.39 is 21.6 Å². The van der Waals surface area contributed by atoms with Crippen LogP contribution in [-0.2, 0) is 31.1 Å². The predicted molar refractivity (Wildman–Crippen MR) is 85.0 cm³/mol. The van der Waals surface area contributed by atoms with Gasteiger partial charge in [-0.15, -0.1) is 0 Å². The van der Waals surface area contributed by atoms with Crippen molar-refractivity contribution in [2.75, 3.05) is 36.2 Å². The van der Waals surface area contributed by atoms with Gasteiger partial charge >= 0.3 is 0 Å². The van der Waals surface area contributed by atoms with Crippen molar-refractivity contribution in [2.45, 2.75) is 51.7 Å². The minimum absolute atomic E-state index is 0.0620. The van der Waals surface area contributed by atoms with Gasteiger partial charge in [-0.3, -0.25) is 8.42 Å². The Labute approximate surface area is 127 Å². The molecule has 0 bridgehead atoms. The van der Waals surface area contributed by atoms with Gasteiger partial charge in [-0.1, -0.05) is 26.7 Å². The molecule has 1 heterocycles. The largest absolute Gasteiger partial charge is 0.372 e. The molecule has 120 valence electrons. The van der Waals surface area contributed by atoms with Gasteiger partial charge in [0.1, 0.15) is 0 Å². The summed E-state index contributed by atoms with van der Waals surface area (Å²) < 4.78 is 34.9. The number of ether oxygens (including phenoxy) is 2. The summed E-state index contributed by atoms with van der Waals surface area (Å²) in [6.45, 7) is 5.16. The van der Waals surface area contributed by atoms with Gasteiger partial charge in [0.15, 0.2) is 0 Å². The SMILES string of the molecule is CCCC[S@@](=O)C[C@H]1CO[C@H](C[S@@](=O)CCCC)CO1. The van der Waals surface area contributed by atoms with Gasteiger partial charge in [-0.25, -0.2) is 0 Å². The molecular formula is C14H28O4S2. The zero-order valence-corrected chi connectivity index (χ0v) is 14.3. The van der Waals surface area contributed by atoms with E-state index >= 15 is 0 Å². The second kappa shape index (κ2) is 10.9. The standard InChI is InChI=1S/C14H28O4S2/c1-3-5-7-19(15)11-13-9-18-14(10-17-13)12-20(16)8-6-4-2/h13-14H,3-12H2,1-2H3/t13-,14+,19-,20+. The Kier molecular flexibility index (Phi) is 9.94. The first kappa shape index (κ1) is 18.3. The first-order valence-corrected chi connectivity index (χ1v) is 10.6. The van der Waals surface area contributed by atoms with Crippen LogP contribution in [0.15, 0.2) is 0 Å². The molecule has 0 radical (unpaired) electrons. The van der Waals surface area contributed by atoms with E-state index in [2.05, 4.69) is 13.8 Å². The molecule has 0 aromatic carbocycles. The molecule has 1 fully saturated rings. The summed E-state index contributed by atoms with van der Waals surface area (Å²) >= 11 is 0. The third kappa shape index (κ3) is 7.86. The minimum atomic E-state index is -0.809. The molecule has 1 saturated heterocycles. The van der Waals surface area contributed by atoms with Gasteiger partial charge in [0.2, 0.25) is 0 Å². The van der Waals surface area contributed by atoms with Crippen LogP contribution in [0.5, 0.6) is 0 Å². The predicted octanol–water partition coefficient (Wildman–Crippen LogP) is 1.87. The summed E-state index contributed by atoms with van der Waals surface area (Å²) in [6.07, 6.45) is 4.01. The van der Waals surface area contributed by atoms with Crippen molar-refractivity contribution >= 4 is 21.6 Å². The molecule has 1 aliphatic heterocycles. The maximum atomic E-state index is 11.8. The maximum Gasteiger partial charge on any atom is 0.0924 e. The summed E-state index contributed by atoms with van der Waals surface area (Å²) in [6, 6.07) is 0. The van der Waals surface area contributed by atoms with Crippen molar-refractivity contribution in [2.24, 2.45) is 0 Å². The lowest BCUT2D eigenvalue weighted by Gasteiger charge is -2.29. The van der Waals surface area contributed by atoms with Gasteiger partial charge in [0.05, 0.1) is 36.9 Å². The average molecular weight is 325 g/mol. The van der Waals surface area contributed by atoms with Crippen molar-refractivity contribution < 1.29 is 17.9 Å². The van der Waals surface area contributed by atoms with Gasteiger partial charge < -0.3 is 9.47 Å². The molecular weight excluding hydrogens is 296 g/mol. The Balaban J connectivity index is 2.16. The highest BCUT2D eigenvalue weighted by molar-refractivity contribution is 7.85. The highest BCUT2D eigenvalue weighted by atomic mass is 32.2. The van der Waals surface area contributed by atoms with Gasteiger partial charge in [0, 0.05) is 33.1 Å². The average Bonchev–Trinajstić information content (AvgIpc) is 2.45. The van der Waals surface area contributed by atoms with Crippen molar-refractivity contribution in [1.82, 2.24) is 0 Å². The van der Waals surface area contributed by atoms with Crippen LogP contribution in [0.1, 0.15) is 39.5 Å². The van der Waals surface area contributed by atoms with E-state index in [4.69, 9.17) is 9.47 Å². The molecule has 0 amide bonds. The van der Waals surface area contributed by atoms with E-state index in [0.717, 1.165) is 37.2 Å². The molecule has 0 spiro atoms. The van der Waals surface area contributed by atoms with Gasteiger partial charge in [0.25, 0.3) is 0 Å². The Bertz CT molecular complexity index is 272. The highest BCUT2D eigenvalue weighted by Crippen LogP contribution is 2.11. The van der Waals surface area contributed by atoms with E-state index in [9.17, 15) is 8.42 Å². The van der Waals surface area contributed by atoms with Crippen LogP contribution in [0.25, 0.3) is 0 Å². The van der Waals surface area contributed by atoms with E-state index in [1.807, 2.05) is 0 Å². The van der Waals surface area contributed by atoms with Gasteiger partial charge in [-0.2, -0.15) is 0 Å². The first-order chi connectivity index (χ1) is 9.65. The lowest BCUT2D eigenvalue weighted by Crippen LogP contribution is -2.41. The normalized spacial score (nSPS) is 26.3. The van der Waals surface area contributed by atoms with E-state index in [0.29, 0.717) is 24.7 Å². The second-order valence-corrected chi connectivity index (χ2v) is 8.48. The fraction of sp³-hybridized carbons (Fsp3) is 1.00. The quantitative estimate of drug-likeness (QED) is 0.615. The summed E-state index contributed by atoms with van der Waals surface area (Å²) in [4.78, 5) is 0. The smallest absolute Gasteiger partial charge is 0.0924 e. The van der Waals surface area contributed by atoms with Crippen LogP contribution < -0.4 is 0 Å². The molecule has 1 rings (SSSR count). The second-order valence-electron chi connectivity index (χ2n) is 5.24. The van der Waals surface area contributed by atoms with Crippen LogP contribution in [0.2, 0.25) is 0 Å². The molecule has 0 aliphatic carbocycles. The Morgan fingerprint density at radius 2 is 1.25 bits per heavy atom. The van der Waals surface area contributed by atoms with Crippen LogP contribution >= 0.6 is 0 Å². The molecule has 4 atom stereocenters. The zero-order valence-electron chi connectivity index (χ0n) is 12.7. The third-order valence-corrected chi connectivity index (χ3v) is 6.21. The first-order valence-electron chi connectivity index (χ1n) is 7.58. The Morgan fingerprint density at radius 1 is 0.850 bits per heavy atom. The molecule has 6 heteroatoms. The van der Waals surface area contributed by atoms with Crippen molar-refractivity contribution in [3.63, 3.8) is 0 Å². The Hall–Kier alpha value is 0.220. The molecule has 0 unspecified atom stereocenters. The molecule has 0 aromatic rings. The highest BCUT2D eigenvalue weighted by Gasteiger charge is 2.24. The van der Waals surface area contributed by atoms with Gasteiger partial charge in [-0.05, 0) is 12.8 Å². The fourth-order valence-corrected chi connectivity index (χ4v) is 4.74. The van der Waals surface area contributed by atoms with E-state index in [1.165, 1.54) is 0 Å². The number of hydrogen-bond acceptors (Lipinski definition) is 4. The van der Waals surface area contributed by atoms with Crippen LogP contribution in [0, 0.1) is 0 Å². The van der Waals surface area contributed by atoms with Crippen molar-refractivity contribution in [3.05, 3.63) is 0 Å². The summed E-state index contributed by atoms with van der Waals surface area (Å²) in [5.41, 5.74) is 0. The lowest BCUT2D eigenvalue weighted by atomic mass is 10.3. The van der Waals surface area contributed by atoms with E-state index in [1.54, 1.807) is 0 Å².